The third-order valence-corrected chi connectivity index (χ3v) is 3.88. The van der Waals surface area contributed by atoms with Gasteiger partial charge in [-0.05, 0) is 17.3 Å². The van der Waals surface area contributed by atoms with Crippen LogP contribution in [0.25, 0.3) is 0 Å². The lowest BCUT2D eigenvalue weighted by Crippen LogP contribution is -2.33. The topological polar surface area (TPSA) is 29.4 Å². The molecule has 1 unspecified atom stereocenters. The van der Waals surface area contributed by atoms with Crippen LogP contribution in [0.2, 0.25) is 0 Å². The second kappa shape index (κ2) is 6.15. The number of nitroso groups, excluding NO2 is 1. The lowest BCUT2D eigenvalue weighted by molar-refractivity contribution is 0.108. The Bertz CT molecular complexity index is 162. The van der Waals surface area contributed by atoms with Crippen LogP contribution in [0.15, 0.2) is 5.18 Å². The fourth-order valence-electron chi connectivity index (χ4n) is 2.65. The molecule has 0 rings (SSSR count). The molecule has 0 radical (unpaired) electrons. The van der Waals surface area contributed by atoms with Crippen LogP contribution < -0.4 is 0 Å². The van der Waals surface area contributed by atoms with Crippen molar-refractivity contribution in [3.8, 4) is 0 Å². The first-order chi connectivity index (χ1) is 6.54. The number of hydrogen-bond donors (Lipinski definition) is 0. The zero-order valence-electron chi connectivity index (χ0n) is 10.3. The summed E-state index contributed by atoms with van der Waals surface area (Å²) < 4.78 is 0. The molecular formula is C12H25NO. The first kappa shape index (κ1) is 13.6. The first-order valence-corrected chi connectivity index (χ1v) is 5.83. The van der Waals surface area contributed by atoms with Crippen LogP contribution in [0.1, 0.15) is 53.9 Å². The van der Waals surface area contributed by atoms with E-state index in [0.29, 0.717) is 18.4 Å². The zero-order chi connectivity index (χ0) is 11.2. The SMILES string of the molecule is CCC(CC)C(C)(C)C(CC)CN=O. The Morgan fingerprint density at radius 2 is 1.43 bits per heavy atom. The second-order valence-electron chi connectivity index (χ2n) is 4.75. The molecule has 2 heteroatoms. The van der Waals surface area contributed by atoms with Gasteiger partial charge in [0.25, 0.3) is 0 Å². The van der Waals surface area contributed by atoms with E-state index in [1.807, 2.05) is 0 Å². The molecule has 0 saturated heterocycles. The van der Waals surface area contributed by atoms with Gasteiger partial charge in [-0.1, -0.05) is 59.1 Å². The summed E-state index contributed by atoms with van der Waals surface area (Å²) in [5, 5.41) is 3.07. The van der Waals surface area contributed by atoms with E-state index in [1.165, 1.54) is 12.8 Å². The standard InChI is InChI=1S/C12H25NO/c1-6-10(7-2)12(4,5)11(8-3)9-13-14/h10-11H,6-9H2,1-5H3. The highest BCUT2D eigenvalue weighted by Crippen LogP contribution is 2.40. The van der Waals surface area contributed by atoms with Crippen LogP contribution in [0, 0.1) is 22.2 Å². The molecule has 0 heterocycles. The van der Waals surface area contributed by atoms with Crippen molar-refractivity contribution >= 4 is 0 Å². The van der Waals surface area contributed by atoms with Crippen LogP contribution in [0.3, 0.4) is 0 Å². The lowest BCUT2D eigenvalue weighted by Gasteiger charge is -2.39. The van der Waals surface area contributed by atoms with E-state index in [1.54, 1.807) is 0 Å². The normalized spacial score (nSPS) is 14.4. The summed E-state index contributed by atoms with van der Waals surface area (Å²) >= 11 is 0. The summed E-state index contributed by atoms with van der Waals surface area (Å²) in [6.07, 6.45) is 3.44. The summed E-state index contributed by atoms with van der Waals surface area (Å²) in [6.45, 7) is 11.7. The van der Waals surface area contributed by atoms with Gasteiger partial charge in [0.05, 0.1) is 6.54 Å². The predicted octanol–water partition coefficient (Wildman–Crippen LogP) is 4.24. The fraction of sp³-hybridized carbons (Fsp3) is 1.00. The van der Waals surface area contributed by atoms with Gasteiger partial charge < -0.3 is 0 Å². The van der Waals surface area contributed by atoms with Gasteiger partial charge >= 0.3 is 0 Å². The third kappa shape index (κ3) is 3.07. The zero-order valence-corrected chi connectivity index (χ0v) is 10.3. The molecule has 0 saturated carbocycles. The van der Waals surface area contributed by atoms with Gasteiger partial charge in [0, 0.05) is 0 Å². The van der Waals surface area contributed by atoms with E-state index in [9.17, 15) is 4.91 Å². The Balaban J connectivity index is 4.58. The Labute approximate surface area is 88.4 Å². The molecule has 0 fully saturated rings. The van der Waals surface area contributed by atoms with Crippen molar-refractivity contribution in [2.24, 2.45) is 22.4 Å². The molecule has 2 nitrogen and oxygen atoms in total. The van der Waals surface area contributed by atoms with Crippen LogP contribution in [0.4, 0.5) is 0 Å². The number of hydrogen-bond acceptors (Lipinski definition) is 2. The van der Waals surface area contributed by atoms with Crippen molar-refractivity contribution in [3.63, 3.8) is 0 Å². The Morgan fingerprint density at radius 3 is 1.71 bits per heavy atom. The van der Waals surface area contributed by atoms with Crippen molar-refractivity contribution in [3.05, 3.63) is 4.91 Å². The highest BCUT2D eigenvalue weighted by molar-refractivity contribution is 4.84. The minimum atomic E-state index is 0.242. The van der Waals surface area contributed by atoms with Gasteiger partial charge in [-0.15, -0.1) is 0 Å². The van der Waals surface area contributed by atoms with Crippen molar-refractivity contribution in [1.82, 2.24) is 0 Å². The minimum Gasteiger partial charge on any atom is -0.151 e. The fourth-order valence-corrected chi connectivity index (χ4v) is 2.65. The highest BCUT2D eigenvalue weighted by Gasteiger charge is 2.34. The van der Waals surface area contributed by atoms with Gasteiger partial charge in [-0.25, -0.2) is 0 Å². The smallest absolute Gasteiger partial charge is 0.0844 e. The molecule has 0 aliphatic heterocycles. The van der Waals surface area contributed by atoms with Crippen molar-refractivity contribution in [2.75, 3.05) is 6.54 Å². The van der Waals surface area contributed by atoms with E-state index < -0.39 is 0 Å². The average molecular weight is 199 g/mol. The molecule has 0 aromatic rings. The summed E-state index contributed by atoms with van der Waals surface area (Å²) in [7, 11) is 0. The van der Waals surface area contributed by atoms with E-state index in [4.69, 9.17) is 0 Å². The van der Waals surface area contributed by atoms with Crippen molar-refractivity contribution in [1.29, 1.82) is 0 Å². The molecule has 0 aromatic heterocycles. The third-order valence-electron chi connectivity index (χ3n) is 3.88. The minimum absolute atomic E-state index is 0.242. The number of nitrogens with zero attached hydrogens (tertiary/aromatic N) is 1. The maximum absolute atomic E-state index is 10.4. The van der Waals surface area contributed by atoms with Gasteiger partial charge in [-0.3, -0.25) is 0 Å². The molecule has 0 aliphatic carbocycles. The monoisotopic (exact) mass is 199 g/mol. The maximum Gasteiger partial charge on any atom is 0.0844 e. The van der Waals surface area contributed by atoms with Crippen molar-refractivity contribution in [2.45, 2.75) is 53.9 Å². The Hall–Kier alpha value is -0.400. The van der Waals surface area contributed by atoms with E-state index >= 15 is 0 Å². The van der Waals surface area contributed by atoms with Crippen LogP contribution in [-0.4, -0.2) is 6.54 Å². The molecule has 0 bridgehead atoms. The molecule has 1 atom stereocenters. The molecule has 0 amide bonds. The Kier molecular flexibility index (Phi) is 5.98. The van der Waals surface area contributed by atoms with E-state index in [0.717, 1.165) is 6.42 Å². The highest BCUT2D eigenvalue weighted by atomic mass is 16.3. The number of rotatable bonds is 7. The quantitative estimate of drug-likeness (QED) is 0.564. The van der Waals surface area contributed by atoms with Gasteiger partial charge in [0.2, 0.25) is 0 Å². The first-order valence-electron chi connectivity index (χ1n) is 5.83. The predicted molar refractivity (Wildman–Crippen MR) is 62.3 cm³/mol. The van der Waals surface area contributed by atoms with E-state index in [-0.39, 0.29) is 5.41 Å². The van der Waals surface area contributed by atoms with Gasteiger partial charge in [0.15, 0.2) is 0 Å². The van der Waals surface area contributed by atoms with Gasteiger partial charge in [0.1, 0.15) is 0 Å². The lowest BCUT2D eigenvalue weighted by atomic mass is 9.66. The summed E-state index contributed by atoms with van der Waals surface area (Å²) in [5.41, 5.74) is 0.242. The molecule has 84 valence electrons. The maximum atomic E-state index is 10.4. The molecular weight excluding hydrogens is 174 g/mol. The summed E-state index contributed by atoms with van der Waals surface area (Å²) in [5.74, 6) is 1.14. The Morgan fingerprint density at radius 1 is 1.00 bits per heavy atom. The summed E-state index contributed by atoms with van der Waals surface area (Å²) in [4.78, 5) is 10.4. The van der Waals surface area contributed by atoms with Crippen LogP contribution in [-0.2, 0) is 0 Å². The largest absolute Gasteiger partial charge is 0.151 e. The molecule has 0 N–H and O–H groups in total. The van der Waals surface area contributed by atoms with Crippen LogP contribution in [0.5, 0.6) is 0 Å². The van der Waals surface area contributed by atoms with Crippen LogP contribution >= 0.6 is 0 Å². The molecule has 14 heavy (non-hydrogen) atoms. The van der Waals surface area contributed by atoms with E-state index in [2.05, 4.69) is 39.8 Å². The second-order valence-corrected chi connectivity index (χ2v) is 4.75. The average Bonchev–Trinajstić information content (AvgIpc) is 2.15. The summed E-state index contributed by atoms with van der Waals surface area (Å²) in [6, 6.07) is 0. The molecule has 0 aromatic carbocycles. The molecule has 0 spiro atoms. The van der Waals surface area contributed by atoms with Gasteiger partial charge in [-0.2, -0.15) is 4.91 Å². The van der Waals surface area contributed by atoms with Crippen molar-refractivity contribution < 1.29 is 0 Å². The molecule has 0 aliphatic rings.